The number of piperidine rings is 1. The summed E-state index contributed by atoms with van der Waals surface area (Å²) in [5, 5.41) is 0.695. The van der Waals surface area contributed by atoms with Gasteiger partial charge in [0.25, 0.3) is 0 Å². The number of hydrogen-bond donors (Lipinski definition) is 0. The standard InChI is InChI=1S/C19H26Cl2N2O3S/c20-17-8-5-9-18(21)16(17)14-27(25,26)23-12-6-7-15(13-23)19(24)22-10-3-1-2-4-11-22/h5,8-9,15H,1-4,6-7,10-14H2/t15-/m1/s1. The van der Waals surface area contributed by atoms with Crippen molar-refractivity contribution in [1.29, 1.82) is 0 Å². The Kier molecular flexibility index (Phi) is 7.06. The van der Waals surface area contributed by atoms with Crippen LogP contribution in [0.2, 0.25) is 10.0 Å². The molecule has 2 aliphatic heterocycles. The van der Waals surface area contributed by atoms with Crippen LogP contribution in [0, 0.1) is 5.92 Å². The summed E-state index contributed by atoms with van der Waals surface area (Å²) >= 11 is 12.3. The van der Waals surface area contributed by atoms with Crippen LogP contribution in [-0.4, -0.2) is 49.7 Å². The van der Waals surface area contributed by atoms with E-state index < -0.39 is 10.0 Å². The highest BCUT2D eigenvalue weighted by atomic mass is 35.5. The van der Waals surface area contributed by atoms with Crippen molar-refractivity contribution >= 4 is 39.1 Å². The molecule has 0 bridgehead atoms. The van der Waals surface area contributed by atoms with Crippen LogP contribution in [0.1, 0.15) is 44.1 Å². The largest absolute Gasteiger partial charge is 0.342 e. The zero-order chi connectivity index (χ0) is 19.4. The van der Waals surface area contributed by atoms with Crippen LogP contribution < -0.4 is 0 Å². The summed E-state index contributed by atoms with van der Waals surface area (Å²) in [6, 6.07) is 4.97. The first kappa shape index (κ1) is 20.9. The third kappa shape index (κ3) is 5.17. The van der Waals surface area contributed by atoms with Gasteiger partial charge >= 0.3 is 0 Å². The molecule has 5 nitrogen and oxygen atoms in total. The number of carbonyl (C=O) groups excluding carboxylic acids is 1. The molecule has 8 heteroatoms. The Balaban J connectivity index is 1.70. The van der Waals surface area contributed by atoms with E-state index in [0.717, 1.165) is 45.2 Å². The predicted molar refractivity (Wildman–Crippen MR) is 108 cm³/mol. The van der Waals surface area contributed by atoms with Crippen LogP contribution in [-0.2, 0) is 20.6 Å². The summed E-state index contributed by atoms with van der Waals surface area (Å²) in [4.78, 5) is 14.8. The Morgan fingerprint density at radius 2 is 1.63 bits per heavy atom. The van der Waals surface area contributed by atoms with Gasteiger partial charge in [-0.15, -0.1) is 0 Å². The Bertz CT molecular complexity index is 757. The number of rotatable bonds is 4. The Hall–Kier alpha value is -0.820. The van der Waals surface area contributed by atoms with E-state index in [1.807, 2.05) is 4.90 Å². The Morgan fingerprint density at radius 1 is 1.00 bits per heavy atom. The number of hydrogen-bond acceptors (Lipinski definition) is 3. The molecule has 150 valence electrons. The second-order valence-electron chi connectivity index (χ2n) is 7.39. The van der Waals surface area contributed by atoms with Crippen LogP contribution in [0.25, 0.3) is 0 Å². The first-order valence-electron chi connectivity index (χ1n) is 9.58. The lowest BCUT2D eigenvalue weighted by Gasteiger charge is -2.34. The average molecular weight is 433 g/mol. The van der Waals surface area contributed by atoms with E-state index >= 15 is 0 Å². The summed E-state index contributed by atoms with van der Waals surface area (Å²) in [5.74, 6) is -0.392. The van der Waals surface area contributed by atoms with Gasteiger partial charge in [0.2, 0.25) is 15.9 Å². The lowest BCUT2D eigenvalue weighted by Crippen LogP contribution is -2.47. The summed E-state index contributed by atoms with van der Waals surface area (Å²) in [6.45, 7) is 2.27. The Morgan fingerprint density at radius 3 is 2.26 bits per heavy atom. The van der Waals surface area contributed by atoms with Crippen molar-refractivity contribution in [3.63, 3.8) is 0 Å². The topological polar surface area (TPSA) is 57.7 Å². The van der Waals surface area contributed by atoms with Crippen LogP contribution in [0.5, 0.6) is 0 Å². The monoisotopic (exact) mass is 432 g/mol. The van der Waals surface area contributed by atoms with Crippen molar-refractivity contribution in [2.24, 2.45) is 5.92 Å². The van der Waals surface area contributed by atoms with E-state index in [2.05, 4.69) is 0 Å². The van der Waals surface area contributed by atoms with Gasteiger partial charge in [0.1, 0.15) is 0 Å². The predicted octanol–water partition coefficient (Wildman–Crippen LogP) is 3.94. The molecule has 2 saturated heterocycles. The van der Waals surface area contributed by atoms with Crippen LogP contribution in [0.15, 0.2) is 18.2 Å². The maximum Gasteiger partial charge on any atom is 0.227 e. The molecule has 1 aromatic rings. The minimum atomic E-state index is -3.59. The molecule has 2 aliphatic rings. The van der Waals surface area contributed by atoms with E-state index in [0.29, 0.717) is 28.6 Å². The second kappa shape index (κ2) is 9.12. The van der Waals surface area contributed by atoms with Gasteiger partial charge in [-0.2, -0.15) is 0 Å². The van der Waals surface area contributed by atoms with Crippen LogP contribution in [0.4, 0.5) is 0 Å². The highest BCUT2D eigenvalue weighted by molar-refractivity contribution is 7.88. The van der Waals surface area contributed by atoms with Crippen molar-refractivity contribution in [2.45, 2.75) is 44.3 Å². The lowest BCUT2D eigenvalue weighted by molar-refractivity contribution is -0.136. The van der Waals surface area contributed by atoms with Gasteiger partial charge in [-0.25, -0.2) is 12.7 Å². The molecule has 3 rings (SSSR count). The second-order valence-corrected chi connectivity index (χ2v) is 10.2. The SMILES string of the molecule is O=C([C@@H]1CCCN(S(=O)(=O)Cc2c(Cl)cccc2Cl)C1)N1CCCCCC1. The van der Waals surface area contributed by atoms with Gasteiger partial charge in [-0.3, -0.25) is 4.79 Å². The van der Waals surface area contributed by atoms with E-state index in [9.17, 15) is 13.2 Å². The van der Waals surface area contributed by atoms with Crippen molar-refractivity contribution in [2.75, 3.05) is 26.2 Å². The minimum absolute atomic E-state index is 0.104. The van der Waals surface area contributed by atoms with Gasteiger partial charge < -0.3 is 4.90 Å². The quantitative estimate of drug-likeness (QED) is 0.723. The van der Waals surface area contributed by atoms with Crippen molar-refractivity contribution in [1.82, 2.24) is 9.21 Å². The molecule has 27 heavy (non-hydrogen) atoms. The first-order chi connectivity index (χ1) is 12.9. The molecule has 1 aromatic carbocycles. The number of nitrogens with zero attached hydrogens (tertiary/aromatic N) is 2. The smallest absolute Gasteiger partial charge is 0.227 e. The summed E-state index contributed by atoms with van der Waals surface area (Å²) in [5.41, 5.74) is 0.418. The first-order valence-corrected chi connectivity index (χ1v) is 11.9. The van der Waals surface area contributed by atoms with E-state index in [1.54, 1.807) is 18.2 Å². The van der Waals surface area contributed by atoms with E-state index in [1.165, 1.54) is 4.31 Å². The number of carbonyl (C=O) groups is 1. The van der Waals surface area contributed by atoms with Crippen molar-refractivity contribution in [3.8, 4) is 0 Å². The summed E-state index contributed by atoms with van der Waals surface area (Å²) in [7, 11) is -3.59. The third-order valence-corrected chi connectivity index (χ3v) is 7.91. The number of halogens is 2. The lowest BCUT2D eigenvalue weighted by atomic mass is 9.98. The molecule has 0 spiro atoms. The molecular formula is C19H26Cl2N2O3S. The molecule has 0 unspecified atom stereocenters. The highest BCUT2D eigenvalue weighted by Crippen LogP contribution is 2.29. The van der Waals surface area contributed by atoms with Gasteiger partial charge in [-0.05, 0) is 37.8 Å². The maximum absolute atomic E-state index is 12.9. The molecule has 1 amide bonds. The summed E-state index contributed by atoms with van der Waals surface area (Å²) < 4.78 is 27.3. The molecule has 2 fully saturated rings. The maximum atomic E-state index is 12.9. The molecule has 1 atom stereocenters. The van der Waals surface area contributed by atoms with Gasteiger partial charge in [-0.1, -0.05) is 42.1 Å². The number of likely N-dealkylation sites (tertiary alicyclic amines) is 1. The van der Waals surface area contributed by atoms with Crippen molar-refractivity contribution < 1.29 is 13.2 Å². The fourth-order valence-electron chi connectivity index (χ4n) is 3.89. The average Bonchev–Trinajstić information content (AvgIpc) is 2.94. The molecule has 0 aliphatic carbocycles. The van der Waals surface area contributed by atoms with Crippen molar-refractivity contribution in [3.05, 3.63) is 33.8 Å². The fourth-order valence-corrected chi connectivity index (χ4v) is 6.25. The highest BCUT2D eigenvalue weighted by Gasteiger charge is 2.35. The zero-order valence-corrected chi connectivity index (χ0v) is 17.7. The normalized spacial score (nSPS) is 22.4. The van der Waals surface area contributed by atoms with Gasteiger partial charge in [0.05, 0.1) is 11.7 Å². The molecular weight excluding hydrogens is 407 g/mol. The molecule has 0 radical (unpaired) electrons. The van der Waals surface area contributed by atoms with Crippen LogP contribution in [0.3, 0.4) is 0 Å². The van der Waals surface area contributed by atoms with Gasteiger partial charge in [0, 0.05) is 41.8 Å². The van der Waals surface area contributed by atoms with Crippen LogP contribution >= 0.6 is 23.2 Å². The number of amides is 1. The number of benzene rings is 1. The minimum Gasteiger partial charge on any atom is -0.342 e. The van der Waals surface area contributed by atoms with E-state index in [-0.39, 0.29) is 24.1 Å². The molecule has 2 heterocycles. The fraction of sp³-hybridized carbons (Fsp3) is 0.632. The molecule has 0 N–H and O–H groups in total. The third-order valence-electron chi connectivity index (χ3n) is 5.43. The number of sulfonamides is 1. The zero-order valence-electron chi connectivity index (χ0n) is 15.4. The Labute approximate surface area is 171 Å². The summed E-state index contributed by atoms with van der Waals surface area (Å²) in [6.07, 6.45) is 5.83. The van der Waals surface area contributed by atoms with Gasteiger partial charge in [0.15, 0.2) is 0 Å². The van der Waals surface area contributed by atoms with E-state index in [4.69, 9.17) is 23.2 Å². The molecule has 0 aromatic heterocycles. The molecule has 0 saturated carbocycles.